The molecule has 0 unspecified atom stereocenters. The lowest BCUT2D eigenvalue weighted by molar-refractivity contribution is -0.130. The number of hydrogen-bond acceptors (Lipinski definition) is 7. The Bertz CT molecular complexity index is 1360. The van der Waals surface area contributed by atoms with Gasteiger partial charge in [0, 0.05) is 56.2 Å². The van der Waals surface area contributed by atoms with Crippen LogP contribution in [-0.4, -0.2) is 76.3 Å². The number of hydrogen-bond donors (Lipinski definition) is 0. The van der Waals surface area contributed by atoms with E-state index in [-0.39, 0.29) is 17.2 Å². The highest BCUT2D eigenvalue weighted by atomic mass is 35.5. The molecule has 1 saturated heterocycles. The molecule has 0 atom stereocenters. The monoisotopic (exact) mass is 525 g/mol. The number of ether oxygens (including phenoxy) is 1. The summed E-state index contributed by atoms with van der Waals surface area (Å²) in [5.41, 5.74) is 2.27. The lowest BCUT2D eigenvalue weighted by Gasteiger charge is -2.59. The summed E-state index contributed by atoms with van der Waals surface area (Å²) in [6, 6.07) is 7.26. The van der Waals surface area contributed by atoms with Crippen LogP contribution in [-0.2, 0) is 17.9 Å². The quantitative estimate of drug-likeness (QED) is 0.506. The molecule has 1 spiro atoms. The fourth-order valence-electron chi connectivity index (χ4n) is 5.94. The Morgan fingerprint density at radius 1 is 1.22 bits per heavy atom. The highest BCUT2D eigenvalue weighted by Gasteiger charge is 2.55. The van der Waals surface area contributed by atoms with Crippen LogP contribution in [0.15, 0.2) is 30.5 Å². The van der Waals surface area contributed by atoms with Crippen molar-refractivity contribution >= 4 is 23.3 Å². The third-order valence-electron chi connectivity index (χ3n) is 7.75. The molecule has 1 saturated carbocycles. The van der Waals surface area contributed by atoms with E-state index in [4.69, 9.17) is 16.3 Å². The molecular formula is C26H29ClFN7O2. The van der Waals surface area contributed by atoms with Gasteiger partial charge in [0.05, 0.1) is 32.1 Å². The number of carbonyl (C=O) groups is 1. The summed E-state index contributed by atoms with van der Waals surface area (Å²) in [6.45, 7) is 3.14. The van der Waals surface area contributed by atoms with E-state index in [1.807, 2.05) is 18.2 Å². The lowest BCUT2D eigenvalue weighted by Crippen LogP contribution is -2.62. The second-order valence-electron chi connectivity index (χ2n) is 10.7. The number of fused-ring (bicyclic) bond motifs is 3. The summed E-state index contributed by atoms with van der Waals surface area (Å²) in [5, 5.41) is 9.87. The predicted molar refractivity (Wildman–Crippen MR) is 137 cm³/mol. The first-order valence-electron chi connectivity index (χ1n) is 12.4. The smallest absolute Gasteiger partial charge is 0.236 e. The molecule has 6 rings (SSSR count). The van der Waals surface area contributed by atoms with Gasteiger partial charge in [-0.2, -0.15) is 0 Å². The zero-order valence-corrected chi connectivity index (χ0v) is 21.9. The van der Waals surface area contributed by atoms with E-state index in [2.05, 4.69) is 29.5 Å². The molecule has 3 aliphatic rings. The van der Waals surface area contributed by atoms with Crippen LogP contribution in [0.5, 0.6) is 5.75 Å². The Hall–Kier alpha value is -3.24. The van der Waals surface area contributed by atoms with Gasteiger partial charge < -0.3 is 14.5 Å². The maximum Gasteiger partial charge on any atom is 0.236 e. The van der Waals surface area contributed by atoms with Crippen molar-refractivity contribution in [3.05, 3.63) is 58.5 Å². The Kier molecular flexibility index (Phi) is 5.83. The van der Waals surface area contributed by atoms with E-state index < -0.39 is 5.82 Å². The van der Waals surface area contributed by atoms with Gasteiger partial charge in [-0.25, -0.2) is 9.37 Å². The van der Waals surface area contributed by atoms with Crippen LogP contribution in [0.1, 0.15) is 36.0 Å². The Balaban J connectivity index is 1.22. The van der Waals surface area contributed by atoms with E-state index in [0.29, 0.717) is 36.2 Å². The molecule has 9 nitrogen and oxygen atoms in total. The SMILES string of the molecule is COc1cc(F)cnc1N1CC2(CC(c3nnc4n3-c3ccc(Cl)cc3CN(CC(=O)N(C)C)C4)C2)C1. The molecule has 1 aliphatic carbocycles. The Labute approximate surface area is 219 Å². The summed E-state index contributed by atoms with van der Waals surface area (Å²) in [7, 11) is 5.07. The predicted octanol–water partition coefficient (Wildman–Crippen LogP) is 3.25. The van der Waals surface area contributed by atoms with Crippen molar-refractivity contribution in [2.24, 2.45) is 5.41 Å². The van der Waals surface area contributed by atoms with Crippen molar-refractivity contribution in [3.8, 4) is 11.4 Å². The van der Waals surface area contributed by atoms with Crippen LogP contribution in [0.2, 0.25) is 5.02 Å². The molecule has 1 aromatic carbocycles. The minimum absolute atomic E-state index is 0.0412. The maximum atomic E-state index is 13.6. The van der Waals surface area contributed by atoms with Gasteiger partial charge in [-0.1, -0.05) is 11.6 Å². The van der Waals surface area contributed by atoms with Crippen molar-refractivity contribution in [3.63, 3.8) is 0 Å². The molecule has 37 heavy (non-hydrogen) atoms. The minimum atomic E-state index is -0.404. The third-order valence-corrected chi connectivity index (χ3v) is 7.98. The van der Waals surface area contributed by atoms with E-state index in [1.54, 1.807) is 19.0 Å². The number of methoxy groups -OCH3 is 1. The van der Waals surface area contributed by atoms with E-state index in [0.717, 1.165) is 48.8 Å². The molecule has 1 amide bonds. The summed E-state index contributed by atoms with van der Waals surface area (Å²) in [4.78, 5) is 22.6. The molecule has 4 heterocycles. The van der Waals surface area contributed by atoms with Crippen LogP contribution < -0.4 is 9.64 Å². The summed E-state index contributed by atoms with van der Waals surface area (Å²) in [5.74, 6) is 2.86. The largest absolute Gasteiger partial charge is 0.493 e. The first-order chi connectivity index (χ1) is 17.7. The number of aromatic nitrogens is 4. The molecule has 2 fully saturated rings. The number of nitrogens with zero attached hydrogens (tertiary/aromatic N) is 7. The first kappa shape index (κ1) is 24.1. The Morgan fingerprint density at radius 3 is 2.73 bits per heavy atom. The van der Waals surface area contributed by atoms with Crippen molar-refractivity contribution < 1.29 is 13.9 Å². The summed E-state index contributed by atoms with van der Waals surface area (Å²) >= 11 is 6.36. The average molecular weight is 526 g/mol. The number of amides is 1. The van der Waals surface area contributed by atoms with Crippen molar-refractivity contribution in [2.75, 3.05) is 45.7 Å². The van der Waals surface area contributed by atoms with Crippen LogP contribution in [0, 0.1) is 11.2 Å². The van der Waals surface area contributed by atoms with Crippen molar-refractivity contribution in [1.29, 1.82) is 0 Å². The molecule has 0 N–H and O–H groups in total. The number of carbonyl (C=O) groups excluding carboxylic acids is 1. The molecule has 2 aromatic heterocycles. The topological polar surface area (TPSA) is 79.6 Å². The highest BCUT2D eigenvalue weighted by Crippen LogP contribution is 2.57. The maximum absolute atomic E-state index is 13.6. The molecule has 11 heteroatoms. The fraction of sp³-hybridized carbons (Fsp3) is 0.462. The molecule has 0 radical (unpaired) electrons. The van der Waals surface area contributed by atoms with Crippen molar-refractivity contribution in [1.82, 2.24) is 29.5 Å². The first-order valence-corrected chi connectivity index (χ1v) is 12.7. The number of rotatable bonds is 5. The standard InChI is InChI=1S/C26H29ClFN7O2/c1-32(2)23(36)13-33-11-16-6-18(27)4-5-20(16)35-22(12-33)30-31-24(35)17-8-26(9-17)14-34(15-26)25-21(37-3)7-19(28)10-29-25/h4-7,10,17H,8-9,11-15H2,1-3H3. The number of anilines is 1. The van der Waals surface area contributed by atoms with Gasteiger partial charge in [0.2, 0.25) is 5.91 Å². The zero-order valence-electron chi connectivity index (χ0n) is 21.1. The number of likely N-dealkylation sites (N-methyl/N-ethyl adjacent to an activating group) is 1. The molecule has 3 aromatic rings. The third kappa shape index (κ3) is 4.21. The van der Waals surface area contributed by atoms with Crippen LogP contribution in [0.4, 0.5) is 10.2 Å². The van der Waals surface area contributed by atoms with Gasteiger partial charge in [0.25, 0.3) is 0 Å². The van der Waals surface area contributed by atoms with Crippen LogP contribution in [0.3, 0.4) is 0 Å². The van der Waals surface area contributed by atoms with Gasteiger partial charge in [-0.3, -0.25) is 14.3 Å². The van der Waals surface area contributed by atoms with E-state index >= 15 is 0 Å². The van der Waals surface area contributed by atoms with Gasteiger partial charge in [-0.05, 0) is 36.6 Å². The van der Waals surface area contributed by atoms with Gasteiger partial charge in [0.1, 0.15) is 11.6 Å². The molecule has 2 aliphatic heterocycles. The number of pyridine rings is 1. The van der Waals surface area contributed by atoms with Gasteiger partial charge >= 0.3 is 0 Å². The highest BCUT2D eigenvalue weighted by molar-refractivity contribution is 6.30. The average Bonchev–Trinajstić information content (AvgIpc) is 3.13. The molecule has 0 bridgehead atoms. The molecule has 194 valence electrons. The van der Waals surface area contributed by atoms with Crippen molar-refractivity contribution in [2.45, 2.75) is 31.8 Å². The fourth-order valence-corrected chi connectivity index (χ4v) is 6.14. The van der Waals surface area contributed by atoms with Gasteiger partial charge in [-0.15, -0.1) is 10.2 Å². The Morgan fingerprint density at radius 2 is 2.00 bits per heavy atom. The van der Waals surface area contributed by atoms with E-state index in [1.165, 1.54) is 19.4 Å². The number of halogens is 2. The van der Waals surface area contributed by atoms with E-state index in [9.17, 15) is 9.18 Å². The van der Waals surface area contributed by atoms with Crippen LogP contribution >= 0.6 is 11.6 Å². The summed E-state index contributed by atoms with van der Waals surface area (Å²) in [6.07, 6.45) is 3.23. The minimum Gasteiger partial charge on any atom is -0.493 e. The summed E-state index contributed by atoms with van der Waals surface area (Å²) < 4.78 is 21.1. The second kappa shape index (κ2) is 8.95. The number of benzene rings is 1. The molecular weight excluding hydrogens is 497 g/mol. The zero-order chi connectivity index (χ0) is 25.9. The van der Waals surface area contributed by atoms with Crippen LogP contribution in [0.25, 0.3) is 5.69 Å². The second-order valence-corrected chi connectivity index (χ2v) is 11.1. The lowest BCUT2D eigenvalue weighted by atomic mass is 9.57. The van der Waals surface area contributed by atoms with Gasteiger partial charge in [0.15, 0.2) is 17.4 Å². The normalized spacial score (nSPS) is 18.5.